The first-order valence-corrected chi connectivity index (χ1v) is 7.49. The van der Waals surface area contributed by atoms with Gasteiger partial charge in [-0.15, -0.1) is 0 Å². The van der Waals surface area contributed by atoms with Crippen molar-refractivity contribution in [2.75, 3.05) is 10.6 Å². The lowest BCUT2D eigenvalue weighted by Crippen LogP contribution is -2.19. The van der Waals surface area contributed by atoms with E-state index < -0.39 is 0 Å². The molecule has 21 heavy (non-hydrogen) atoms. The molecule has 0 fully saturated rings. The minimum atomic E-state index is -0.176. The lowest BCUT2D eigenvalue weighted by atomic mass is 10.3. The fourth-order valence-electron chi connectivity index (χ4n) is 1.56. The Bertz CT molecular complexity index is 665. The van der Waals surface area contributed by atoms with Gasteiger partial charge in [-0.1, -0.05) is 46.4 Å². The largest absolute Gasteiger partial charge is 0.505 e. The Hall–Kier alpha value is -0.910. The highest BCUT2D eigenvalue weighted by Crippen LogP contribution is 2.34. The van der Waals surface area contributed by atoms with Crippen molar-refractivity contribution in [3.05, 3.63) is 50.4 Å². The van der Waals surface area contributed by atoms with E-state index >= 15 is 0 Å². The van der Waals surface area contributed by atoms with E-state index in [-0.39, 0.29) is 15.8 Å². The van der Waals surface area contributed by atoms with Crippen LogP contribution in [0, 0.1) is 0 Å². The van der Waals surface area contributed by atoms with E-state index in [1.165, 1.54) is 12.1 Å². The van der Waals surface area contributed by atoms with E-state index in [1.54, 1.807) is 18.2 Å². The van der Waals surface area contributed by atoms with Crippen LogP contribution in [-0.2, 0) is 0 Å². The van der Waals surface area contributed by atoms with E-state index in [1.807, 2.05) is 0 Å². The van der Waals surface area contributed by atoms with Crippen LogP contribution in [0.5, 0.6) is 5.75 Å². The molecule has 2 rings (SSSR count). The summed E-state index contributed by atoms with van der Waals surface area (Å²) in [5.74, 6) is -0.176. The monoisotopic (exact) mass is 380 g/mol. The van der Waals surface area contributed by atoms with E-state index in [4.69, 9.17) is 58.6 Å². The molecule has 3 N–H and O–H groups in total. The van der Waals surface area contributed by atoms with Crippen LogP contribution < -0.4 is 10.6 Å². The molecule has 0 saturated heterocycles. The van der Waals surface area contributed by atoms with E-state index in [0.29, 0.717) is 26.5 Å². The third-order valence-electron chi connectivity index (χ3n) is 2.40. The summed E-state index contributed by atoms with van der Waals surface area (Å²) in [4.78, 5) is 0. The molecule has 0 aliphatic carbocycles. The Balaban J connectivity index is 2.11. The number of thiocarbonyl (C=S) groups is 1. The highest BCUT2D eigenvalue weighted by Gasteiger charge is 2.08. The van der Waals surface area contributed by atoms with Gasteiger partial charge in [0.2, 0.25) is 0 Å². The van der Waals surface area contributed by atoms with Crippen molar-refractivity contribution in [1.29, 1.82) is 0 Å². The molecule has 2 aromatic carbocycles. The number of benzene rings is 2. The van der Waals surface area contributed by atoms with Gasteiger partial charge >= 0.3 is 0 Å². The molecule has 2 aromatic rings. The molecule has 0 bridgehead atoms. The van der Waals surface area contributed by atoms with E-state index in [9.17, 15) is 5.11 Å². The first-order valence-electron chi connectivity index (χ1n) is 5.57. The number of phenols is 1. The van der Waals surface area contributed by atoms with Gasteiger partial charge < -0.3 is 15.7 Å². The van der Waals surface area contributed by atoms with Gasteiger partial charge in [0, 0.05) is 21.4 Å². The van der Waals surface area contributed by atoms with Gasteiger partial charge in [0.15, 0.2) is 10.9 Å². The zero-order valence-electron chi connectivity index (χ0n) is 10.3. The Morgan fingerprint density at radius 3 is 1.71 bits per heavy atom. The molecule has 0 aliphatic rings. The summed E-state index contributed by atoms with van der Waals surface area (Å²) in [7, 11) is 0. The van der Waals surface area contributed by atoms with Gasteiger partial charge in [-0.3, -0.25) is 0 Å². The lowest BCUT2D eigenvalue weighted by Gasteiger charge is -2.12. The number of nitrogens with one attached hydrogen (secondary N) is 2. The van der Waals surface area contributed by atoms with Crippen molar-refractivity contribution in [1.82, 2.24) is 0 Å². The smallest absolute Gasteiger partial charge is 0.175 e. The summed E-state index contributed by atoms with van der Waals surface area (Å²) >= 11 is 28.6. The molecule has 0 saturated carbocycles. The van der Waals surface area contributed by atoms with Crippen LogP contribution in [-0.4, -0.2) is 10.2 Å². The molecule has 0 heterocycles. The number of hydrogen-bond acceptors (Lipinski definition) is 2. The van der Waals surface area contributed by atoms with Gasteiger partial charge in [0.1, 0.15) is 0 Å². The number of aromatic hydroxyl groups is 1. The van der Waals surface area contributed by atoms with Crippen LogP contribution in [0.1, 0.15) is 0 Å². The number of anilines is 2. The van der Waals surface area contributed by atoms with Crippen LogP contribution in [0.4, 0.5) is 11.4 Å². The van der Waals surface area contributed by atoms with Gasteiger partial charge in [-0.05, 0) is 42.5 Å². The number of phenolic OH excluding ortho intramolecular Hbond substituents is 1. The summed E-state index contributed by atoms with van der Waals surface area (Å²) in [6.07, 6.45) is 0. The maximum absolute atomic E-state index is 9.49. The van der Waals surface area contributed by atoms with Crippen LogP contribution in [0.2, 0.25) is 20.1 Å². The van der Waals surface area contributed by atoms with Gasteiger partial charge in [0.25, 0.3) is 0 Å². The fraction of sp³-hybridized carbons (Fsp3) is 0. The normalized spacial score (nSPS) is 10.3. The number of hydrogen-bond donors (Lipinski definition) is 3. The summed E-state index contributed by atoms with van der Waals surface area (Å²) in [6.45, 7) is 0. The maximum Gasteiger partial charge on any atom is 0.175 e. The van der Waals surface area contributed by atoms with Crippen molar-refractivity contribution in [2.24, 2.45) is 0 Å². The third-order valence-corrected chi connectivity index (χ3v) is 3.61. The Morgan fingerprint density at radius 2 is 1.24 bits per heavy atom. The Kier molecular flexibility index (Phi) is 5.41. The second kappa shape index (κ2) is 6.90. The van der Waals surface area contributed by atoms with Gasteiger partial charge in [0.05, 0.1) is 10.0 Å². The molecule has 0 amide bonds. The summed E-state index contributed by atoms with van der Waals surface area (Å²) in [6, 6.07) is 7.98. The summed E-state index contributed by atoms with van der Waals surface area (Å²) < 4.78 is 0. The van der Waals surface area contributed by atoms with Crippen molar-refractivity contribution >= 4 is 75.1 Å². The van der Waals surface area contributed by atoms with Crippen LogP contribution >= 0.6 is 58.6 Å². The molecular formula is C13H8Cl4N2OS. The zero-order chi connectivity index (χ0) is 15.6. The lowest BCUT2D eigenvalue weighted by molar-refractivity contribution is 0.476. The average Bonchev–Trinajstić information content (AvgIpc) is 2.34. The van der Waals surface area contributed by atoms with Crippen molar-refractivity contribution in [3.63, 3.8) is 0 Å². The average molecular weight is 382 g/mol. The molecule has 0 radical (unpaired) electrons. The predicted molar refractivity (Wildman–Crippen MR) is 94.4 cm³/mol. The Morgan fingerprint density at radius 1 is 0.810 bits per heavy atom. The minimum Gasteiger partial charge on any atom is -0.505 e. The standard InChI is InChI=1S/C13H8Cl4N2OS/c14-6-1-7(15)3-8(2-6)18-13(21)19-9-4-10(16)12(20)11(17)5-9/h1-5,20H,(H2,18,19,21). The zero-order valence-corrected chi connectivity index (χ0v) is 14.1. The quantitative estimate of drug-likeness (QED) is 0.453. The first-order chi connectivity index (χ1) is 9.85. The second-order valence-corrected chi connectivity index (χ2v) is 6.12. The molecule has 0 spiro atoms. The van der Waals surface area contributed by atoms with Crippen molar-refractivity contribution in [3.8, 4) is 5.75 Å². The molecule has 3 nitrogen and oxygen atoms in total. The highest BCUT2D eigenvalue weighted by atomic mass is 35.5. The summed E-state index contributed by atoms with van der Waals surface area (Å²) in [5.41, 5.74) is 1.18. The first kappa shape index (κ1) is 16.5. The molecule has 8 heteroatoms. The van der Waals surface area contributed by atoms with Crippen LogP contribution in [0.15, 0.2) is 30.3 Å². The predicted octanol–water partition coefficient (Wildman–Crippen LogP) is 5.81. The highest BCUT2D eigenvalue weighted by molar-refractivity contribution is 7.80. The van der Waals surface area contributed by atoms with Crippen molar-refractivity contribution in [2.45, 2.75) is 0 Å². The molecule has 0 aliphatic heterocycles. The molecule has 0 unspecified atom stereocenters. The maximum atomic E-state index is 9.49. The van der Waals surface area contributed by atoms with Gasteiger partial charge in [-0.25, -0.2) is 0 Å². The fourth-order valence-corrected chi connectivity index (χ4v) is 2.81. The van der Waals surface area contributed by atoms with E-state index in [2.05, 4.69) is 10.6 Å². The van der Waals surface area contributed by atoms with Crippen LogP contribution in [0.3, 0.4) is 0 Å². The second-order valence-electron chi connectivity index (χ2n) is 4.03. The minimum absolute atomic E-state index is 0.124. The molecular weight excluding hydrogens is 374 g/mol. The van der Waals surface area contributed by atoms with Crippen LogP contribution in [0.25, 0.3) is 0 Å². The topological polar surface area (TPSA) is 44.3 Å². The van der Waals surface area contributed by atoms with E-state index in [0.717, 1.165) is 0 Å². The Labute approximate surface area is 146 Å². The summed E-state index contributed by atoms with van der Waals surface area (Å²) in [5, 5.41) is 16.8. The molecule has 0 aromatic heterocycles. The van der Waals surface area contributed by atoms with Gasteiger partial charge in [-0.2, -0.15) is 0 Å². The van der Waals surface area contributed by atoms with Crippen molar-refractivity contribution < 1.29 is 5.11 Å². The molecule has 110 valence electrons. The number of rotatable bonds is 2. The number of halogens is 4. The SMILES string of the molecule is Oc1c(Cl)cc(NC(=S)Nc2cc(Cl)cc(Cl)c2)cc1Cl. The third kappa shape index (κ3) is 4.53. The molecule has 0 atom stereocenters.